The summed E-state index contributed by atoms with van der Waals surface area (Å²) >= 11 is 0. The maximum Gasteiger partial charge on any atom is 0.416 e. The van der Waals surface area contributed by atoms with Crippen LogP contribution in [0.2, 0.25) is 0 Å². The number of carbonyl (C=O) groups is 2. The molecule has 1 heterocycles. The molecular formula is C30H40F5N3O2. The van der Waals surface area contributed by atoms with E-state index < -0.39 is 29.3 Å². The summed E-state index contributed by atoms with van der Waals surface area (Å²) in [6.07, 6.45) is 2.42. The third kappa shape index (κ3) is 8.13. The van der Waals surface area contributed by atoms with Crippen molar-refractivity contribution in [3.8, 4) is 0 Å². The van der Waals surface area contributed by atoms with E-state index in [1.165, 1.54) is 11.0 Å². The molecule has 3 rings (SSSR count). The van der Waals surface area contributed by atoms with Gasteiger partial charge in [0.1, 0.15) is 11.9 Å². The SMILES string of the molecule is CCC(C)C(N=C1NC(=O)CCC1=CC1CCC(Cc2ccc(C(F)(F)F)cc2C(C)(F)F)CC1)C(=O)N(C)C. The number of rotatable bonds is 8. The molecule has 1 aliphatic heterocycles. The summed E-state index contributed by atoms with van der Waals surface area (Å²) in [6.45, 7) is 4.59. The van der Waals surface area contributed by atoms with Gasteiger partial charge in [-0.3, -0.25) is 14.6 Å². The van der Waals surface area contributed by atoms with Crippen molar-refractivity contribution in [1.29, 1.82) is 0 Å². The predicted molar refractivity (Wildman–Crippen MR) is 145 cm³/mol. The zero-order valence-corrected chi connectivity index (χ0v) is 23.9. The number of nitrogens with one attached hydrogen (secondary N) is 1. The molecule has 40 heavy (non-hydrogen) atoms. The van der Waals surface area contributed by atoms with Crippen molar-refractivity contribution in [2.45, 2.75) is 90.3 Å². The molecule has 2 unspecified atom stereocenters. The van der Waals surface area contributed by atoms with Gasteiger partial charge in [-0.05, 0) is 79.5 Å². The summed E-state index contributed by atoms with van der Waals surface area (Å²) in [7, 11) is 3.36. The standard InChI is InChI=1S/C30H40F5N3O2/c1-6-18(2)26(28(40)38(4)5)37-27-22(12-14-25(39)36-27)16-20-9-7-19(8-10-20)15-21-11-13-23(30(33,34)35)17-24(21)29(3,31)32/h11,13,16-20,26H,6-10,12,14-15H2,1-5H3,(H,36,37,39). The minimum absolute atomic E-state index is 0.0106. The van der Waals surface area contributed by atoms with Crippen LogP contribution in [0.25, 0.3) is 0 Å². The molecule has 5 nitrogen and oxygen atoms in total. The molecule has 2 atom stereocenters. The van der Waals surface area contributed by atoms with E-state index in [0.717, 1.165) is 43.7 Å². The van der Waals surface area contributed by atoms with Gasteiger partial charge in [0.05, 0.1) is 5.56 Å². The van der Waals surface area contributed by atoms with Gasteiger partial charge in [-0.15, -0.1) is 0 Å². The monoisotopic (exact) mass is 569 g/mol. The number of benzene rings is 1. The minimum Gasteiger partial charge on any atom is -0.347 e. The molecule has 1 saturated carbocycles. The molecule has 2 aliphatic rings. The van der Waals surface area contributed by atoms with Crippen molar-refractivity contribution in [2.75, 3.05) is 14.1 Å². The Bertz CT molecular complexity index is 1130. The van der Waals surface area contributed by atoms with Crippen molar-refractivity contribution >= 4 is 17.6 Å². The summed E-state index contributed by atoms with van der Waals surface area (Å²) in [5, 5.41) is 2.86. The Kier molecular flexibility index (Phi) is 10.2. The number of likely N-dealkylation sites (N-methyl/N-ethyl adjacent to an activating group) is 1. The largest absolute Gasteiger partial charge is 0.416 e. The molecule has 2 fully saturated rings. The average Bonchev–Trinajstić information content (AvgIpc) is 2.87. The van der Waals surface area contributed by atoms with Gasteiger partial charge in [-0.2, -0.15) is 13.2 Å². The van der Waals surface area contributed by atoms with Crippen molar-refractivity contribution in [1.82, 2.24) is 10.2 Å². The molecule has 1 aromatic rings. The lowest BCUT2D eigenvalue weighted by Gasteiger charge is -2.30. The first-order valence-corrected chi connectivity index (χ1v) is 14.0. The zero-order chi connectivity index (χ0) is 29.8. The smallest absolute Gasteiger partial charge is 0.347 e. The fourth-order valence-corrected chi connectivity index (χ4v) is 5.47. The number of amides is 2. The highest BCUT2D eigenvalue weighted by molar-refractivity contribution is 6.11. The Labute approximate surface area is 233 Å². The van der Waals surface area contributed by atoms with Crippen molar-refractivity contribution in [3.63, 3.8) is 0 Å². The minimum atomic E-state index is -4.68. The number of halogens is 5. The van der Waals surface area contributed by atoms with E-state index in [-0.39, 0.29) is 35.1 Å². The number of amidine groups is 1. The number of nitrogens with zero attached hydrogens (tertiary/aromatic N) is 2. The Morgan fingerprint density at radius 2 is 1.77 bits per heavy atom. The number of alkyl halides is 5. The first kappa shape index (κ1) is 31.7. The molecule has 1 saturated heterocycles. The number of carbonyl (C=O) groups excluding carboxylic acids is 2. The van der Waals surface area contributed by atoms with E-state index in [2.05, 4.69) is 11.4 Å². The molecule has 2 amide bonds. The molecule has 0 radical (unpaired) electrons. The molecule has 0 bridgehead atoms. The van der Waals surface area contributed by atoms with Gasteiger partial charge < -0.3 is 10.2 Å². The van der Waals surface area contributed by atoms with Crippen molar-refractivity contribution in [3.05, 3.63) is 46.5 Å². The lowest BCUT2D eigenvalue weighted by atomic mass is 9.77. The second-order valence-electron chi connectivity index (χ2n) is 11.5. The van der Waals surface area contributed by atoms with Crippen LogP contribution in [0.4, 0.5) is 22.0 Å². The second kappa shape index (κ2) is 12.8. The fraction of sp³-hybridized carbons (Fsp3) is 0.633. The topological polar surface area (TPSA) is 61.8 Å². The van der Waals surface area contributed by atoms with Gasteiger partial charge in [0.2, 0.25) is 11.8 Å². The summed E-state index contributed by atoms with van der Waals surface area (Å²) in [6, 6.07) is 2.05. The Hall–Kier alpha value is -2.78. The first-order valence-electron chi connectivity index (χ1n) is 14.0. The van der Waals surface area contributed by atoms with Gasteiger partial charge in [0.15, 0.2) is 0 Å². The number of allylic oxidation sites excluding steroid dienone is 1. The normalized spacial score (nSPS) is 24.1. The maximum absolute atomic E-state index is 14.2. The maximum atomic E-state index is 14.2. The molecular weight excluding hydrogens is 529 g/mol. The van der Waals surface area contributed by atoms with Crippen LogP contribution in [-0.4, -0.2) is 42.7 Å². The van der Waals surface area contributed by atoms with Crippen LogP contribution in [0.1, 0.15) is 82.4 Å². The van der Waals surface area contributed by atoms with Crippen molar-refractivity contribution in [2.24, 2.45) is 22.7 Å². The summed E-state index contributed by atoms with van der Waals surface area (Å²) < 4.78 is 67.9. The number of aliphatic imine (C=N–C) groups is 1. The number of hydrogen-bond acceptors (Lipinski definition) is 3. The third-order valence-electron chi connectivity index (χ3n) is 8.08. The van der Waals surface area contributed by atoms with Crippen LogP contribution in [0, 0.1) is 17.8 Å². The fourth-order valence-electron chi connectivity index (χ4n) is 5.47. The number of piperidine rings is 1. The van der Waals surface area contributed by atoms with Gasteiger partial charge >= 0.3 is 6.18 Å². The van der Waals surface area contributed by atoms with Crippen LogP contribution >= 0.6 is 0 Å². The molecule has 1 aliphatic carbocycles. The van der Waals surface area contributed by atoms with Crippen LogP contribution in [0.3, 0.4) is 0 Å². The van der Waals surface area contributed by atoms with E-state index in [1.54, 1.807) is 14.1 Å². The van der Waals surface area contributed by atoms with E-state index in [1.807, 2.05) is 13.8 Å². The summed E-state index contributed by atoms with van der Waals surface area (Å²) in [5.41, 5.74) is -0.469. The Balaban J connectivity index is 1.75. The highest BCUT2D eigenvalue weighted by atomic mass is 19.4. The molecule has 222 valence electrons. The van der Waals surface area contributed by atoms with Crippen LogP contribution < -0.4 is 5.32 Å². The predicted octanol–water partition coefficient (Wildman–Crippen LogP) is 6.90. The molecule has 10 heteroatoms. The quantitative estimate of drug-likeness (QED) is 0.346. The van der Waals surface area contributed by atoms with E-state index in [4.69, 9.17) is 4.99 Å². The second-order valence-corrected chi connectivity index (χ2v) is 11.5. The first-order chi connectivity index (χ1) is 18.6. The summed E-state index contributed by atoms with van der Waals surface area (Å²) in [4.78, 5) is 31.2. The van der Waals surface area contributed by atoms with Crippen LogP contribution in [0.5, 0.6) is 0 Å². The number of hydrogen-bond donors (Lipinski definition) is 1. The summed E-state index contributed by atoms with van der Waals surface area (Å²) in [5.74, 6) is -2.93. The van der Waals surface area contributed by atoms with Gasteiger partial charge in [-0.25, -0.2) is 8.78 Å². The Morgan fingerprint density at radius 3 is 2.33 bits per heavy atom. The van der Waals surface area contributed by atoms with Crippen LogP contribution in [0.15, 0.2) is 34.8 Å². The highest BCUT2D eigenvalue weighted by Gasteiger charge is 2.36. The van der Waals surface area contributed by atoms with Gasteiger partial charge in [0.25, 0.3) is 5.92 Å². The zero-order valence-electron chi connectivity index (χ0n) is 23.9. The molecule has 1 N–H and O–H groups in total. The van der Waals surface area contributed by atoms with E-state index >= 15 is 0 Å². The lowest BCUT2D eigenvalue weighted by Crippen LogP contribution is -2.42. The van der Waals surface area contributed by atoms with E-state index in [0.29, 0.717) is 38.1 Å². The third-order valence-corrected chi connectivity index (χ3v) is 8.08. The Morgan fingerprint density at radius 1 is 1.12 bits per heavy atom. The molecule has 0 spiro atoms. The van der Waals surface area contributed by atoms with Crippen molar-refractivity contribution < 1.29 is 31.5 Å². The van der Waals surface area contributed by atoms with E-state index in [9.17, 15) is 31.5 Å². The molecule has 0 aromatic heterocycles. The van der Waals surface area contributed by atoms with Crippen LogP contribution in [-0.2, 0) is 28.1 Å². The van der Waals surface area contributed by atoms with Gasteiger partial charge in [0, 0.05) is 33.0 Å². The van der Waals surface area contributed by atoms with Gasteiger partial charge in [-0.1, -0.05) is 32.4 Å². The highest BCUT2D eigenvalue weighted by Crippen LogP contribution is 2.39. The lowest BCUT2D eigenvalue weighted by molar-refractivity contribution is -0.137. The average molecular weight is 570 g/mol. The molecule has 1 aromatic carbocycles.